The Morgan fingerprint density at radius 1 is 1.28 bits per heavy atom. The minimum atomic E-state index is 0.114. The van der Waals surface area contributed by atoms with Crippen LogP contribution in [-0.4, -0.2) is 25.3 Å². The van der Waals surface area contributed by atoms with Crippen LogP contribution in [0.2, 0.25) is 0 Å². The molecule has 0 aromatic heterocycles. The summed E-state index contributed by atoms with van der Waals surface area (Å²) in [5, 5.41) is 0. The van der Waals surface area contributed by atoms with Gasteiger partial charge in [-0.15, -0.1) is 0 Å². The Balaban J connectivity index is 1.80. The zero-order valence-corrected chi connectivity index (χ0v) is 11.0. The number of ether oxygens (including phenoxy) is 1. The minimum absolute atomic E-state index is 0.114. The Hall–Kier alpha value is -1.06. The fraction of sp³-hybridized carbons (Fsp3) is 0.600. The molecule has 1 aromatic carbocycles. The summed E-state index contributed by atoms with van der Waals surface area (Å²) in [5.74, 6) is 0. The lowest BCUT2D eigenvalue weighted by molar-refractivity contribution is 0.0256. The van der Waals surface area contributed by atoms with E-state index in [-0.39, 0.29) is 6.04 Å². The molecule has 1 saturated carbocycles. The molecule has 2 fully saturated rings. The highest BCUT2D eigenvalue weighted by molar-refractivity contribution is 5.50. The summed E-state index contributed by atoms with van der Waals surface area (Å²) in [4.78, 5) is 2.52. The molecule has 2 N–H and O–H groups in total. The number of nitrogens with zero attached hydrogens (tertiary/aromatic N) is 1. The Kier molecular flexibility index (Phi) is 3.27. The standard InChI is InChI=1S/C15H22N2O/c1-11(16)12-5-7-13(8-6-12)17-9-10-18-15-4-2-3-14(15)17/h5-8,11,14-15H,2-4,9-10,16H2,1H3/t11-,14?,15?/m1/s1. The molecule has 1 aliphatic carbocycles. The van der Waals surface area contributed by atoms with Crippen molar-refractivity contribution < 1.29 is 4.74 Å². The largest absolute Gasteiger partial charge is 0.374 e. The van der Waals surface area contributed by atoms with Gasteiger partial charge >= 0.3 is 0 Å². The van der Waals surface area contributed by atoms with E-state index in [1.54, 1.807) is 0 Å². The highest BCUT2D eigenvalue weighted by atomic mass is 16.5. The van der Waals surface area contributed by atoms with Crippen molar-refractivity contribution in [3.8, 4) is 0 Å². The van der Waals surface area contributed by atoms with Crippen molar-refractivity contribution in [1.29, 1.82) is 0 Å². The van der Waals surface area contributed by atoms with Crippen molar-refractivity contribution in [2.45, 2.75) is 44.4 Å². The van der Waals surface area contributed by atoms with Gasteiger partial charge in [0.05, 0.1) is 18.8 Å². The maximum atomic E-state index is 5.89. The molecule has 3 atom stereocenters. The second-order valence-electron chi connectivity index (χ2n) is 5.48. The molecule has 0 radical (unpaired) electrons. The molecule has 1 aliphatic heterocycles. The Morgan fingerprint density at radius 2 is 2.06 bits per heavy atom. The van der Waals surface area contributed by atoms with Crippen molar-refractivity contribution in [2.24, 2.45) is 5.73 Å². The van der Waals surface area contributed by atoms with Crippen LogP contribution in [-0.2, 0) is 4.74 Å². The molecule has 3 rings (SSSR count). The maximum Gasteiger partial charge on any atom is 0.0779 e. The SMILES string of the molecule is C[C@@H](N)c1ccc(N2CCOC3CCCC32)cc1. The van der Waals surface area contributed by atoms with Gasteiger partial charge in [-0.05, 0) is 43.9 Å². The number of hydrogen-bond acceptors (Lipinski definition) is 3. The van der Waals surface area contributed by atoms with Crippen LogP contribution >= 0.6 is 0 Å². The molecular weight excluding hydrogens is 224 g/mol. The Labute approximate surface area is 109 Å². The number of nitrogens with two attached hydrogens (primary N) is 1. The van der Waals surface area contributed by atoms with E-state index < -0.39 is 0 Å². The summed E-state index contributed by atoms with van der Waals surface area (Å²) in [6.45, 7) is 3.89. The molecule has 1 saturated heterocycles. The molecular formula is C15H22N2O. The Morgan fingerprint density at radius 3 is 2.78 bits per heavy atom. The summed E-state index contributed by atoms with van der Waals surface area (Å²) in [6, 6.07) is 9.42. The second-order valence-corrected chi connectivity index (χ2v) is 5.48. The number of fused-ring (bicyclic) bond motifs is 1. The number of hydrogen-bond donors (Lipinski definition) is 1. The van der Waals surface area contributed by atoms with Crippen LogP contribution in [0.25, 0.3) is 0 Å². The molecule has 2 aliphatic rings. The zero-order chi connectivity index (χ0) is 12.5. The van der Waals surface area contributed by atoms with E-state index in [0.29, 0.717) is 12.1 Å². The lowest BCUT2D eigenvalue weighted by atomic mass is 10.1. The number of rotatable bonds is 2. The molecule has 98 valence electrons. The van der Waals surface area contributed by atoms with Gasteiger partial charge in [-0.1, -0.05) is 12.1 Å². The maximum absolute atomic E-state index is 5.89. The molecule has 2 unspecified atom stereocenters. The molecule has 0 spiro atoms. The van der Waals surface area contributed by atoms with Crippen molar-refractivity contribution in [3.05, 3.63) is 29.8 Å². The van der Waals surface area contributed by atoms with Gasteiger partial charge in [0.1, 0.15) is 0 Å². The number of benzene rings is 1. The zero-order valence-electron chi connectivity index (χ0n) is 11.0. The average molecular weight is 246 g/mol. The van der Waals surface area contributed by atoms with Crippen LogP contribution in [0.4, 0.5) is 5.69 Å². The normalized spacial score (nSPS) is 29.1. The van der Waals surface area contributed by atoms with Crippen LogP contribution in [0.15, 0.2) is 24.3 Å². The summed E-state index contributed by atoms with van der Waals surface area (Å²) in [6.07, 6.45) is 4.23. The van der Waals surface area contributed by atoms with E-state index >= 15 is 0 Å². The molecule has 1 aromatic rings. The van der Waals surface area contributed by atoms with Gasteiger partial charge in [0.25, 0.3) is 0 Å². The van der Waals surface area contributed by atoms with Crippen LogP contribution < -0.4 is 10.6 Å². The van der Waals surface area contributed by atoms with E-state index in [9.17, 15) is 0 Å². The topological polar surface area (TPSA) is 38.5 Å². The van der Waals surface area contributed by atoms with Gasteiger partial charge < -0.3 is 15.4 Å². The fourth-order valence-corrected chi connectivity index (χ4v) is 3.22. The van der Waals surface area contributed by atoms with Crippen LogP contribution in [0.3, 0.4) is 0 Å². The highest BCUT2D eigenvalue weighted by Crippen LogP contribution is 2.33. The fourth-order valence-electron chi connectivity index (χ4n) is 3.22. The highest BCUT2D eigenvalue weighted by Gasteiger charge is 2.35. The molecule has 3 heteroatoms. The van der Waals surface area contributed by atoms with E-state index in [0.717, 1.165) is 13.2 Å². The summed E-state index contributed by atoms with van der Waals surface area (Å²) < 4.78 is 5.85. The van der Waals surface area contributed by atoms with E-state index in [1.165, 1.54) is 30.5 Å². The van der Waals surface area contributed by atoms with Crippen molar-refractivity contribution in [3.63, 3.8) is 0 Å². The van der Waals surface area contributed by atoms with E-state index in [1.807, 2.05) is 6.92 Å². The lowest BCUT2D eigenvalue weighted by Crippen LogP contribution is -2.48. The van der Waals surface area contributed by atoms with Gasteiger partial charge in [0, 0.05) is 18.3 Å². The summed E-state index contributed by atoms with van der Waals surface area (Å²) >= 11 is 0. The molecule has 0 bridgehead atoms. The van der Waals surface area contributed by atoms with Crippen molar-refractivity contribution >= 4 is 5.69 Å². The Bertz CT molecular complexity index is 401. The third-order valence-electron chi connectivity index (χ3n) is 4.23. The number of anilines is 1. The van der Waals surface area contributed by atoms with Crippen molar-refractivity contribution in [2.75, 3.05) is 18.1 Å². The number of morpholine rings is 1. The average Bonchev–Trinajstić information content (AvgIpc) is 2.87. The van der Waals surface area contributed by atoms with Gasteiger partial charge in [-0.2, -0.15) is 0 Å². The quantitative estimate of drug-likeness (QED) is 0.871. The van der Waals surface area contributed by atoms with Crippen molar-refractivity contribution in [1.82, 2.24) is 0 Å². The smallest absolute Gasteiger partial charge is 0.0779 e. The van der Waals surface area contributed by atoms with Gasteiger partial charge in [-0.25, -0.2) is 0 Å². The van der Waals surface area contributed by atoms with E-state index in [2.05, 4.69) is 29.2 Å². The van der Waals surface area contributed by atoms with Gasteiger partial charge in [0.15, 0.2) is 0 Å². The molecule has 0 amide bonds. The molecule has 3 nitrogen and oxygen atoms in total. The first-order valence-corrected chi connectivity index (χ1v) is 6.99. The lowest BCUT2D eigenvalue weighted by Gasteiger charge is -2.39. The van der Waals surface area contributed by atoms with Crippen LogP contribution in [0, 0.1) is 0 Å². The summed E-state index contributed by atoms with van der Waals surface area (Å²) in [5.41, 5.74) is 8.42. The third kappa shape index (κ3) is 2.13. The minimum Gasteiger partial charge on any atom is -0.374 e. The second kappa shape index (κ2) is 4.90. The first kappa shape index (κ1) is 12.0. The van der Waals surface area contributed by atoms with Crippen LogP contribution in [0.5, 0.6) is 0 Å². The first-order valence-electron chi connectivity index (χ1n) is 6.99. The van der Waals surface area contributed by atoms with Gasteiger partial charge in [-0.3, -0.25) is 0 Å². The van der Waals surface area contributed by atoms with Gasteiger partial charge in [0.2, 0.25) is 0 Å². The monoisotopic (exact) mass is 246 g/mol. The summed E-state index contributed by atoms with van der Waals surface area (Å²) in [7, 11) is 0. The van der Waals surface area contributed by atoms with E-state index in [4.69, 9.17) is 10.5 Å². The predicted molar refractivity (Wildman–Crippen MR) is 73.8 cm³/mol. The molecule has 1 heterocycles. The van der Waals surface area contributed by atoms with Crippen LogP contribution in [0.1, 0.15) is 37.8 Å². The first-order chi connectivity index (χ1) is 8.75. The third-order valence-corrected chi connectivity index (χ3v) is 4.23. The molecule has 18 heavy (non-hydrogen) atoms. The predicted octanol–water partition coefficient (Wildman–Crippen LogP) is 2.46.